The molecule has 1 N–H and O–H groups in total. The average Bonchev–Trinajstić information content (AvgIpc) is 3.51. The average molecular weight is 677 g/mol. The molecule has 5 rings (SSSR count). The zero-order chi connectivity index (χ0) is 33.9. The Labute approximate surface area is 270 Å². The fraction of sp³-hybridized carbons (Fsp3) is 0.312. The molecule has 1 aliphatic heterocycles. The lowest BCUT2D eigenvalue weighted by Crippen LogP contribution is -2.43. The molecule has 0 aliphatic carbocycles. The maximum atomic E-state index is 15.1. The summed E-state index contributed by atoms with van der Waals surface area (Å²) in [6.07, 6.45) is -7.31. The largest absolute Gasteiger partial charge is 0.573 e. The van der Waals surface area contributed by atoms with Gasteiger partial charge < -0.3 is 15.0 Å². The van der Waals surface area contributed by atoms with Crippen LogP contribution in [0.5, 0.6) is 5.75 Å². The number of nitrogens with one attached hydrogen (secondary N) is 1. The summed E-state index contributed by atoms with van der Waals surface area (Å²) in [6.45, 7) is 5.81. The summed E-state index contributed by atoms with van der Waals surface area (Å²) in [7, 11) is 0. The van der Waals surface area contributed by atoms with Crippen LogP contribution in [0.1, 0.15) is 50.4 Å². The van der Waals surface area contributed by atoms with Crippen LogP contribution in [0.2, 0.25) is 0 Å². The van der Waals surface area contributed by atoms with E-state index in [4.69, 9.17) is 0 Å². The number of aromatic nitrogens is 3. The van der Waals surface area contributed by atoms with E-state index in [1.807, 2.05) is 31.0 Å². The van der Waals surface area contributed by atoms with Gasteiger partial charge >= 0.3 is 12.4 Å². The SMILES string of the molecule is CC(C)c1cc(F)ccc1N1C(=NC(=O)NC(F)C(F)c2ccc(-c3ncn(-c4ccc(OC(F)(F)F)cc4)n3)cc2)SCCC1C. The molecule has 2 amide bonds. The number of rotatable bonds is 8. The number of nitrogens with zero attached hydrogens (tertiary/aromatic N) is 5. The van der Waals surface area contributed by atoms with Crippen LogP contribution in [-0.4, -0.2) is 50.4 Å². The van der Waals surface area contributed by atoms with Gasteiger partial charge in [-0.05, 0) is 72.9 Å². The van der Waals surface area contributed by atoms with Gasteiger partial charge in [-0.15, -0.1) is 18.3 Å². The summed E-state index contributed by atoms with van der Waals surface area (Å²) < 4.78 is 86.6. The van der Waals surface area contributed by atoms with Crippen LogP contribution in [-0.2, 0) is 0 Å². The molecule has 4 aromatic rings. The smallest absolute Gasteiger partial charge is 0.406 e. The number of carbonyl (C=O) groups is 1. The third kappa shape index (κ3) is 8.25. The van der Waals surface area contributed by atoms with Crippen LogP contribution in [0.3, 0.4) is 0 Å². The van der Waals surface area contributed by atoms with E-state index >= 15 is 4.39 Å². The van der Waals surface area contributed by atoms with Gasteiger partial charge in [-0.25, -0.2) is 27.6 Å². The molecule has 0 saturated carbocycles. The number of aliphatic imine (C=N–C) groups is 1. The van der Waals surface area contributed by atoms with Crippen molar-refractivity contribution in [1.29, 1.82) is 0 Å². The Morgan fingerprint density at radius 1 is 1.06 bits per heavy atom. The predicted octanol–water partition coefficient (Wildman–Crippen LogP) is 8.50. The zero-order valence-electron chi connectivity index (χ0n) is 25.4. The van der Waals surface area contributed by atoms with Crippen LogP contribution in [0, 0.1) is 5.82 Å². The minimum Gasteiger partial charge on any atom is -0.406 e. The van der Waals surface area contributed by atoms with Crippen LogP contribution < -0.4 is 15.0 Å². The van der Waals surface area contributed by atoms with E-state index in [1.165, 1.54) is 71.3 Å². The number of amidine groups is 1. The summed E-state index contributed by atoms with van der Waals surface area (Å²) >= 11 is 1.30. The van der Waals surface area contributed by atoms with Gasteiger partial charge in [0.05, 0.1) is 5.69 Å². The number of urea groups is 1. The van der Waals surface area contributed by atoms with Crippen LogP contribution in [0.15, 0.2) is 78.0 Å². The van der Waals surface area contributed by atoms with E-state index < -0.39 is 24.9 Å². The van der Waals surface area contributed by atoms with E-state index in [0.717, 1.165) is 24.1 Å². The highest BCUT2D eigenvalue weighted by Gasteiger charge is 2.32. The van der Waals surface area contributed by atoms with Crippen molar-refractivity contribution in [3.63, 3.8) is 0 Å². The second-order valence-corrected chi connectivity index (χ2v) is 12.1. The first-order valence-electron chi connectivity index (χ1n) is 14.6. The third-order valence-electron chi connectivity index (χ3n) is 7.31. The zero-order valence-corrected chi connectivity index (χ0v) is 26.2. The summed E-state index contributed by atoms with van der Waals surface area (Å²) in [6, 6.07) is 13.9. The number of hydrogen-bond acceptors (Lipinski definition) is 5. The summed E-state index contributed by atoms with van der Waals surface area (Å²) in [5.74, 6) is 0.107. The molecule has 3 unspecified atom stereocenters. The Morgan fingerprint density at radius 2 is 1.77 bits per heavy atom. The molecule has 47 heavy (non-hydrogen) atoms. The first kappa shape index (κ1) is 33.8. The Hall–Kier alpha value is -4.53. The lowest BCUT2D eigenvalue weighted by atomic mass is 9.99. The van der Waals surface area contributed by atoms with Crippen molar-refractivity contribution in [3.05, 3.63) is 90.0 Å². The van der Waals surface area contributed by atoms with Gasteiger partial charge in [0.15, 0.2) is 17.2 Å². The van der Waals surface area contributed by atoms with Gasteiger partial charge in [-0.3, -0.25) is 0 Å². The van der Waals surface area contributed by atoms with Gasteiger partial charge in [0.2, 0.25) is 6.30 Å². The molecule has 15 heteroatoms. The summed E-state index contributed by atoms with van der Waals surface area (Å²) in [5.41, 5.74) is 2.26. The lowest BCUT2D eigenvalue weighted by molar-refractivity contribution is -0.274. The molecule has 3 aromatic carbocycles. The number of alkyl halides is 5. The van der Waals surface area contributed by atoms with Crippen molar-refractivity contribution in [2.45, 2.75) is 58.0 Å². The van der Waals surface area contributed by atoms with Crippen LogP contribution >= 0.6 is 11.8 Å². The molecular formula is C32H30F6N6O2S. The molecule has 1 aromatic heterocycles. The van der Waals surface area contributed by atoms with Gasteiger partial charge in [-0.2, -0.15) is 4.99 Å². The summed E-state index contributed by atoms with van der Waals surface area (Å²) in [4.78, 5) is 22.8. The van der Waals surface area contributed by atoms with Gasteiger partial charge in [0.1, 0.15) is 17.9 Å². The standard InChI is InChI=1S/C32H30F6N6O2S/c1-18(2)25-16-22(33)8-13-26(25)44-19(3)14-15-47-31(44)41-30(45)40-28(35)27(34)20-4-6-21(7-5-20)29-39-17-43(42-29)23-9-11-24(12-10-23)46-32(36,37)38/h4-13,16-19,27-28H,14-15H2,1-3H3,(H,40,45). The number of carbonyl (C=O) groups excluding carboxylic acids is 1. The van der Waals surface area contributed by atoms with E-state index in [-0.39, 0.29) is 34.9 Å². The molecule has 3 atom stereocenters. The number of hydrogen-bond donors (Lipinski definition) is 1. The second-order valence-electron chi connectivity index (χ2n) is 11.0. The predicted molar refractivity (Wildman–Crippen MR) is 168 cm³/mol. The van der Waals surface area contributed by atoms with Crippen molar-refractivity contribution in [2.24, 2.45) is 4.99 Å². The van der Waals surface area contributed by atoms with Crippen molar-refractivity contribution in [1.82, 2.24) is 20.1 Å². The van der Waals surface area contributed by atoms with E-state index in [0.29, 0.717) is 27.9 Å². The third-order valence-corrected chi connectivity index (χ3v) is 8.30. The fourth-order valence-corrected chi connectivity index (χ4v) is 6.16. The topological polar surface area (TPSA) is 84.6 Å². The Bertz CT molecular complexity index is 1730. The number of amides is 2. The van der Waals surface area contributed by atoms with E-state index in [9.17, 15) is 26.7 Å². The first-order chi connectivity index (χ1) is 22.3. The van der Waals surface area contributed by atoms with Crippen LogP contribution in [0.25, 0.3) is 17.1 Å². The highest BCUT2D eigenvalue weighted by molar-refractivity contribution is 8.14. The second kappa shape index (κ2) is 14.1. The highest BCUT2D eigenvalue weighted by Crippen LogP contribution is 2.35. The number of halogens is 6. The van der Waals surface area contributed by atoms with E-state index in [1.54, 1.807) is 6.07 Å². The molecule has 1 fully saturated rings. The van der Waals surface area contributed by atoms with Crippen LogP contribution in [0.4, 0.5) is 36.8 Å². The van der Waals surface area contributed by atoms with Gasteiger partial charge in [0, 0.05) is 23.0 Å². The normalized spacial score (nSPS) is 17.5. The highest BCUT2D eigenvalue weighted by atomic mass is 32.2. The van der Waals surface area contributed by atoms with Crippen molar-refractivity contribution in [3.8, 4) is 22.8 Å². The molecule has 248 valence electrons. The maximum absolute atomic E-state index is 15.1. The molecule has 1 aliphatic rings. The Balaban J connectivity index is 1.24. The van der Waals surface area contributed by atoms with Gasteiger partial charge in [0.25, 0.3) is 0 Å². The number of benzene rings is 3. The monoisotopic (exact) mass is 676 g/mol. The molecule has 0 radical (unpaired) electrons. The quantitative estimate of drug-likeness (QED) is 0.149. The fourth-order valence-electron chi connectivity index (χ4n) is 4.96. The first-order valence-corrected chi connectivity index (χ1v) is 15.5. The Kier molecular flexibility index (Phi) is 10.1. The van der Waals surface area contributed by atoms with Gasteiger partial charge in [-0.1, -0.05) is 49.9 Å². The number of thioether (sulfide) groups is 1. The molecular weight excluding hydrogens is 646 g/mol. The maximum Gasteiger partial charge on any atom is 0.573 e. The van der Waals surface area contributed by atoms with Crippen molar-refractivity contribution in [2.75, 3.05) is 10.7 Å². The number of anilines is 1. The molecule has 1 saturated heterocycles. The Morgan fingerprint density at radius 3 is 2.43 bits per heavy atom. The molecule has 8 nitrogen and oxygen atoms in total. The molecule has 2 heterocycles. The lowest BCUT2D eigenvalue weighted by Gasteiger charge is -2.37. The minimum atomic E-state index is -4.81. The van der Waals surface area contributed by atoms with Crippen molar-refractivity contribution < 1.29 is 35.9 Å². The van der Waals surface area contributed by atoms with Crippen molar-refractivity contribution >= 4 is 28.6 Å². The summed E-state index contributed by atoms with van der Waals surface area (Å²) in [5, 5.41) is 6.57. The number of ether oxygens (including phenoxy) is 1. The van der Waals surface area contributed by atoms with E-state index in [2.05, 4.69) is 19.8 Å². The molecule has 0 bridgehead atoms. The minimum absolute atomic E-state index is 0.0159. The molecule has 0 spiro atoms.